The fraction of sp³-hybridized carbons (Fsp3) is 0.520. The van der Waals surface area contributed by atoms with Gasteiger partial charge in [0.2, 0.25) is 41.4 Å². The highest BCUT2D eigenvalue weighted by Crippen LogP contribution is 2.04. The number of nitrogens with zero attached hydrogens (tertiary/aromatic N) is 1. The number of aliphatic carboxylic acids is 1. The molecule has 1 aliphatic rings. The number of carbonyl (C=O) groups excluding carboxylic acids is 9. The summed E-state index contributed by atoms with van der Waals surface area (Å²) in [6.07, 6.45) is 1.93. The molecule has 0 saturated heterocycles. The Morgan fingerprint density at radius 1 is 0.636 bits per heavy atom. The molecule has 2 atom stereocenters. The highest BCUT2D eigenvalue weighted by molar-refractivity contribution is 6.13. The average molecular weight is 625 g/mol. The van der Waals surface area contributed by atoms with Crippen LogP contribution in [0.3, 0.4) is 0 Å². The zero-order valence-electron chi connectivity index (χ0n) is 24.3. The van der Waals surface area contributed by atoms with Crippen LogP contribution in [0.15, 0.2) is 12.2 Å². The molecule has 0 unspecified atom stereocenters. The molecule has 0 fully saturated rings. The summed E-state index contributed by atoms with van der Waals surface area (Å²) in [7, 11) is 0. The minimum absolute atomic E-state index is 0.157. The molecular weight excluding hydrogens is 588 g/mol. The van der Waals surface area contributed by atoms with Crippen LogP contribution in [0.4, 0.5) is 0 Å². The number of imide groups is 1. The highest BCUT2D eigenvalue weighted by atomic mass is 16.4. The molecule has 44 heavy (non-hydrogen) atoms. The molecular formula is C25H36N8O11. The van der Waals surface area contributed by atoms with Crippen LogP contribution in [0.25, 0.3) is 0 Å². The van der Waals surface area contributed by atoms with Gasteiger partial charge in [-0.25, -0.2) is 0 Å². The van der Waals surface area contributed by atoms with Crippen molar-refractivity contribution in [3.8, 4) is 0 Å². The van der Waals surface area contributed by atoms with Gasteiger partial charge in [0, 0.05) is 25.1 Å². The summed E-state index contributed by atoms with van der Waals surface area (Å²) in [5.74, 6) is -7.76. The molecule has 0 aliphatic carbocycles. The standard InChI is InChI=1S/C25H36N8O11/c1-13(2)23(24(42)31-14(3)25(43)44)32-20(39)12-30-19(38)11-29-18(37)10-28-17(36)9-27-16(35)8-26-15(34)6-7-33-21(40)4-5-22(33)41/h4-5,13-14,23H,6-12H2,1-3H3,(H,26,34)(H,27,35)(H,28,36)(H,29,37)(H,30,38)(H,31,42)(H,32,39)(H,43,44)/t14-,23-/m0/s1. The van der Waals surface area contributed by atoms with E-state index in [1.165, 1.54) is 6.92 Å². The lowest BCUT2D eigenvalue weighted by atomic mass is 10.0. The van der Waals surface area contributed by atoms with E-state index in [2.05, 4.69) is 37.2 Å². The molecule has 19 nitrogen and oxygen atoms in total. The molecule has 0 aromatic carbocycles. The maximum Gasteiger partial charge on any atom is 0.325 e. The van der Waals surface area contributed by atoms with Crippen molar-refractivity contribution in [1.29, 1.82) is 0 Å². The zero-order chi connectivity index (χ0) is 33.4. The van der Waals surface area contributed by atoms with Gasteiger partial charge in [-0.2, -0.15) is 0 Å². The summed E-state index contributed by atoms with van der Waals surface area (Å²) < 4.78 is 0. The third kappa shape index (κ3) is 14.0. The van der Waals surface area contributed by atoms with Crippen molar-refractivity contribution in [3.63, 3.8) is 0 Å². The van der Waals surface area contributed by atoms with E-state index in [4.69, 9.17) is 5.11 Å². The molecule has 1 rings (SSSR count). The smallest absolute Gasteiger partial charge is 0.325 e. The molecule has 0 aromatic heterocycles. The van der Waals surface area contributed by atoms with Crippen LogP contribution in [0, 0.1) is 5.92 Å². The van der Waals surface area contributed by atoms with Crippen molar-refractivity contribution in [2.24, 2.45) is 5.92 Å². The lowest BCUT2D eigenvalue weighted by Gasteiger charge is -2.23. The molecule has 0 spiro atoms. The monoisotopic (exact) mass is 624 g/mol. The maximum absolute atomic E-state index is 12.3. The lowest BCUT2D eigenvalue weighted by molar-refractivity contribution is -0.142. The second-order valence-electron chi connectivity index (χ2n) is 9.65. The Morgan fingerprint density at radius 2 is 1.02 bits per heavy atom. The Balaban J connectivity index is 2.22. The van der Waals surface area contributed by atoms with E-state index in [9.17, 15) is 47.9 Å². The lowest BCUT2D eigenvalue weighted by Crippen LogP contribution is -2.54. The van der Waals surface area contributed by atoms with Crippen molar-refractivity contribution in [2.45, 2.75) is 39.3 Å². The molecule has 0 radical (unpaired) electrons. The van der Waals surface area contributed by atoms with Gasteiger partial charge in [0.1, 0.15) is 12.1 Å². The Morgan fingerprint density at radius 3 is 1.41 bits per heavy atom. The van der Waals surface area contributed by atoms with Gasteiger partial charge in [0.15, 0.2) is 0 Å². The van der Waals surface area contributed by atoms with Crippen LogP contribution in [-0.4, -0.2) is 120 Å². The summed E-state index contributed by atoms with van der Waals surface area (Å²) in [6, 6.07) is -2.23. The van der Waals surface area contributed by atoms with Crippen LogP contribution in [-0.2, 0) is 47.9 Å². The van der Waals surface area contributed by atoms with Crippen molar-refractivity contribution in [1.82, 2.24) is 42.1 Å². The maximum atomic E-state index is 12.3. The first-order valence-corrected chi connectivity index (χ1v) is 13.3. The van der Waals surface area contributed by atoms with Crippen molar-refractivity contribution in [3.05, 3.63) is 12.2 Å². The van der Waals surface area contributed by atoms with Crippen molar-refractivity contribution >= 4 is 59.1 Å². The van der Waals surface area contributed by atoms with Gasteiger partial charge in [0.05, 0.1) is 32.7 Å². The Hall–Kier alpha value is -5.36. The summed E-state index contributed by atoms with van der Waals surface area (Å²) in [5.41, 5.74) is 0. The summed E-state index contributed by atoms with van der Waals surface area (Å²) in [4.78, 5) is 118. The first-order chi connectivity index (χ1) is 20.6. The van der Waals surface area contributed by atoms with Crippen molar-refractivity contribution in [2.75, 3.05) is 39.3 Å². The number of rotatable bonds is 18. The van der Waals surface area contributed by atoms with Crippen LogP contribution < -0.4 is 37.2 Å². The number of carboxylic acid groups (broad SMARTS) is 1. The molecule has 9 amide bonds. The molecule has 0 saturated carbocycles. The van der Waals surface area contributed by atoms with E-state index >= 15 is 0 Å². The number of nitrogens with one attached hydrogen (secondary N) is 7. The minimum atomic E-state index is -1.25. The van der Waals surface area contributed by atoms with Gasteiger partial charge in [-0.3, -0.25) is 52.8 Å². The SMILES string of the molecule is CC(C)[C@H](NC(=O)CNC(=O)CNC(=O)CNC(=O)CNC(=O)CNC(=O)CCN1C(=O)C=CC1=O)C(=O)N[C@@H](C)C(=O)O. The number of amides is 9. The molecule has 0 aromatic rings. The molecule has 0 bridgehead atoms. The first-order valence-electron chi connectivity index (χ1n) is 13.3. The van der Waals surface area contributed by atoms with Crippen LogP contribution in [0.5, 0.6) is 0 Å². The van der Waals surface area contributed by atoms with E-state index in [1.807, 2.05) is 0 Å². The average Bonchev–Trinajstić information content (AvgIpc) is 3.28. The minimum Gasteiger partial charge on any atom is -0.480 e. The van der Waals surface area contributed by atoms with Gasteiger partial charge in [-0.15, -0.1) is 0 Å². The van der Waals surface area contributed by atoms with E-state index in [0.717, 1.165) is 17.1 Å². The van der Waals surface area contributed by atoms with E-state index in [0.29, 0.717) is 0 Å². The zero-order valence-corrected chi connectivity index (χ0v) is 24.3. The van der Waals surface area contributed by atoms with Crippen LogP contribution >= 0.6 is 0 Å². The number of hydrogen-bond acceptors (Lipinski definition) is 10. The van der Waals surface area contributed by atoms with Crippen LogP contribution in [0.1, 0.15) is 27.2 Å². The second kappa shape index (κ2) is 18.2. The summed E-state index contributed by atoms with van der Waals surface area (Å²) in [5, 5.41) is 24.7. The Bertz CT molecular complexity index is 1180. The third-order valence-electron chi connectivity index (χ3n) is 5.69. The summed E-state index contributed by atoms with van der Waals surface area (Å²) in [6.45, 7) is 1.74. The Labute approximate surface area is 251 Å². The fourth-order valence-electron chi connectivity index (χ4n) is 3.22. The van der Waals surface area contributed by atoms with Gasteiger partial charge in [0.25, 0.3) is 11.8 Å². The molecule has 1 heterocycles. The number of hydrogen-bond donors (Lipinski definition) is 8. The van der Waals surface area contributed by atoms with Crippen molar-refractivity contribution < 1.29 is 53.1 Å². The topological polar surface area (TPSA) is 278 Å². The van der Waals surface area contributed by atoms with Crippen LogP contribution in [0.2, 0.25) is 0 Å². The van der Waals surface area contributed by atoms with Gasteiger partial charge < -0.3 is 42.3 Å². The first kappa shape index (κ1) is 36.7. The van der Waals surface area contributed by atoms with Gasteiger partial charge in [-0.1, -0.05) is 13.8 Å². The second-order valence-corrected chi connectivity index (χ2v) is 9.65. The number of carboxylic acids is 1. The normalized spacial score (nSPS) is 13.4. The largest absolute Gasteiger partial charge is 0.480 e. The van der Waals surface area contributed by atoms with E-state index in [1.54, 1.807) is 13.8 Å². The van der Waals surface area contributed by atoms with Gasteiger partial charge in [-0.05, 0) is 12.8 Å². The summed E-state index contributed by atoms with van der Waals surface area (Å²) >= 11 is 0. The third-order valence-corrected chi connectivity index (χ3v) is 5.69. The highest BCUT2D eigenvalue weighted by Gasteiger charge is 2.27. The molecule has 242 valence electrons. The molecule has 19 heteroatoms. The molecule has 1 aliphatic heterocycles. The quantitative estimate of drug-likeness (QED) is 0.0666. The number of carbonyl (C=O) groups is 10. The molecule has 8 N–H and O–H groups in total. The predicted molar refractivity (Wildman–Crippen MR) is 148 cm³/mol. The van der Waals surface area contributed by atoms with Gasteiger partial charge >= 0.3 is 5.97 Å². The predicted octanol–water partition coefficient (Wildman–Crippen LogP) is -5.39. The van der Waals surface area contributed by atoms with E-state index < -0.39 is 110 Å². The fourth-order valence-corrected chi connectivity index (χ4v) is 3.22. The van der Waals surface area contributed by atoms with E-state index in [-0.39, 0.29) is 13.0 Å². The Kier molecular flexibility index (Phi) is 15.2.